The molecule has 1 aromatic heterocycles. The molecule has 0 saturated heterocycles. The molecule has 0 aromatic carbocycles. The third kappa shape index (κ3) is 1.97. The highest BCUT2D eigenvalue weighted by Crippen LogP contribution is 2.26. The summed E-state index contributed by atoms with van der Waals surface area (Å²) in [5.74, 6) is 10.6. The minimum absolute atomic E-state index is 0.0729. The van der Waals surface area contributed by atoms with Crippen molar-refractivity contribution in [3.63, 3.8) is 0 Å². The summed E-state index contributed by atoms with van der Waals surface area (Å²) in [6, 6.07) is -1.99. The fourth-order valence-electron chi connectivity index (χ4n) is 1.03. The Kier molecular flexibility index (Phi) is 2.87. The summed E-state index contributed by atoms with van der Waals surface area (Å²) >= 11 is 0. The van der Waals surface area contributed by atoms with E-state index >= 15 is 0 Å². The maximum Gasteiger partial charge on any atom is 0.333 e. The van der Waals surface area contributed by atoms with Crippen LogP contribution in [0.3, 0.4) is 0 Å². The average molecular weight is 229 g/mol. The maximum atomic E-state index is 10.8. The average Bonchev–Trinajstić information content (AvgIpc) is 2.57. The molecule has 0 aliphatic carbocycles. The Hall–Kier alpha value is -2.46. The normalized spacial score (nSPS) is 9.88. The first-order valence-electron chi connectivity index (χ1n) is 3.94. The van der Waals surface area contributed by atoms with Crippen LogP contribution >= 0.6 is 0 Å². The van der Waals surface area contributed by atoms with E-state index in [1.807, 2.05) is 0 Å². The van der Waals surface area contributed by atoms with E-state index in [1.165, 1.54) is 0 Å². The SMILES string of the molecule is NC(=O)N(N)c1cn(O)cc1N(N)C(N)=O. The van der Waals surface area contributed by atoms with Gasteiger partial charge in [0.05, 0.1) is 12.4 Å². The highest BCUT2D eigenvalue weighted by atomic mass is 16.5. The quantitative estimate of drug-likeness (QED) is 0.175. The molecule has 1 rings (SSSR count). The predicted molar refractivity (Wildman–Crippen MR) is 54.1 cm³/mol. The molecule has 4 amide bonds. The number of nitrogens with two attached hydrogens (primary N) is 4. The third-order valence-electron chi connectivity index (χ3n) is 1.77. The van der Waals surface area contributed by atoms with E-state index in [2.05, 4.69) is 0 Å². The first-order valence-corrected chi connectivity index (χ1v) is 3.94. The molecule has 0 bridgehead atoms. The van der Waals surface area contributed by atoms with Crippen molar-refractivity contribution in [3.05, 3.63) is 12.4 Å². The summed E-state index contributed by atoms with van der Waals surface area (Å²) in [4.78, 5) is 21.6. The van der Waals surface area contributed by atoms with Gasteiger partial charge in [0.15, 0.2) is 0 Å². The summed E-state index contributed by atoms with van der Waals surface area (Å²) in [5.41, 5.74) is 9.69. The zero-order valence-corrected chi connectivity index (χ0v) is 8.07. The molecule has 0 saturated carbocycles. The van der Waals surface area contributed by atoms with Gasteiger partial charge in [0.2, 0.25) is 0 Å². The summed E-state index contributed by atoms with van der Waals surface area (Å²) in [7, 11) is 0. The molecule has 10 heteroatoms. The highest BCUT2D eigenvalue weighted by molar-refractivity contribution is 5.98. The Morgan fingerprint density at radius 2 is 1.38 bits per heavy atom. The van der Waals surface area contributed by atoms with Gasteiger partial charge in [0.25, 0.3) is 0 Å². The molecule has 0 radical (unpaired) electrons. The number of nitrogens with zero attached hydrogens (tertiary/aromatic N) is 3. The number of amides is 4. The smallest absolute Gasteiger partial charge is 0.333 e. The van der Waals surface area contributed by atoms with Gasteiger partial charge < -0.3 is 16.7 Å². The van der Waals surface area contributed by atoms with Crippen LogP contribution < -0.4 is 33.2 Å². The third-order valence-corrected chi connectivity index (χ3v) is 1.77. The first kappa shape index (κ1) is 11.6. The van der Waals surface area contributed by atoms with Crippen LogP contribution in [0.4, 0.5) is 21.0 Å². The van der Waals surface area contributed by atoms with Crippen molar-refractivity contribution >= 4 is 23.4 Å². The number of primary amides is 2. The molecule has 0 fully saturated rings. The van der Waals surface area contributed by atoms with Crippen LogP contribution in [0.2, 0.25) is 0 Å². The largest absolute Gasteiger partial charge is 0.429 e. The standard InChI is InChI=1S/C6H11N7O3/c7-5(14)12(9)3-1-11(16)2-4(3)13(10)6(8)15/h1-2,16H,9-10H2,(H2,7,14)(H2,8,15). The van der Waals surface area contributed by atoms with E-state index in [4.69, 9.17) is 28.4 Å². The first-order chi connectivity index (χ1) is 7.34. The van der Waals surface area contributed by atoms with Gasteiger partial charge in [-0.3, -0.25) is 0 Å². The fourth-order valence-corrected chi connectivity index (χ4v) is 1.03. The van der Waals surface area contributed by atoms with E-state index < -0.39 is 12.1 Å². The van der Waals surface area contributed by atoms with Crippen LogP contribution in [0.15, 0.2) is 12.4 Å². The second kappa shape index (κ2) is 3.96. The van der Waals surface area contributed by atoms with E-state index in [-0.39, 0.29) is 11.4 Å². The minimum Gasteiger partial charge on any atom is -0.429 e. The molecule has 88 valence electrons. The van der Waals surface area contributed by atoms with Gasteiger partial charge in [-0.15, -0.1) is 0 Å². The number of carbonyl (C=O) groups is 2. The molecule has 1 heterocycles. The molecular formula is C6H11N7O3. The van der Waals surface area contributed by atoms with Gasteiger partial charge in [0, 0.05) is 0 Å². The van der Waals surface area contributed by atoms with E-state index in [0.29, 0.717) is 14.7 Å². The monoisotopic (exact) mass is 229 g/mol. The molecule has 0 spiro atoms. The molecule has 0 unspecified atom stereocenters. The lowest BCUT2D eigenvalue weighted by Gasteiger charge is -2.18. The van der Waals surface area contributed by atoms with Crippen molar-refractivity contribution in [2.24, 2.45) is 23.2 Å². The Morgan fingerprint density at radius 1 is 1.06 bits per heavy atom. The molecular weight excluding hydrogens is 218 g/mol. The van der Waals surface area contributed by atoms with Crippen LogP contribution in [0.5, 0.6) is 0 Å². The molecule has 1 aromatic rings. The summed E-state index contributed by atoms with van der Waals surface area (Å²) < 4.78 is 0.552. The van der Waals surface area contributed by atoms with Crippen LogP contribution in [0, 0.1) is 0 Å². The van der Waals surface area contributed by atoms with Gasteiger partial charge in [0.1, 0.15) is 11.4 Å². The summed E-state index contributed by atoms with van der Waals surface area (Å²) in [6.07, 6.45) is 2.06. The van der Waals surface area contributed by atoms with Crippen LogP contribution in [-0.2, 0) is 0 Å². The number of hydrogen-bond acceptors (Lipinski definition) is 5. The number of urea groups is 2. The fraction of sp³-hybridized carbons (Fsp3) is 0. The van der Waals surface area contributed by atoms with Gasteiger partial charge >= 0.3 is 12.1 Å². The summed E-state index contributed by atoms with van der Waals surface area (Å²) in [6.45, 7) is 0. The molecule has 9 N–H and O–H groups in total. The number of hydrogen-bond donors (Lipinski definition) is 5. The predicted octanol–water partition coefficient (Wildman–Crippen LogP) is -1.76. The molecule has 10 nitrogen and oxygen atoms in total. The van der Waals surface area contributed by atoms with Gasteiger partial charge in [-0.1, -0.05) is 0 Å². The molecule has 16 heavy (non-hydrogen) atoms. The Labute approximate surface area is 89.5 Å². The van der Waals surface area contributed by atoms with Crippen LogP contribution in [-0.4, -0.2) is 22.0 Å². The zero-order valence-electron chi connectivity index (χ0n) is 8.07. The van der Waals surface area contributed by atoms with Gasteiger partial charge in [-0.05, 0) is 0 Å². The topological polar surface area (TPSA) is 170 Å². The van der Waals surface area contributed by atoms with Crippen molar-refractivity contribution in [3.8, 4) is 0 Å². The zero-order chi connectivity index (χ0) is 12.5. The Balaban J connectivity index is 3.19. The number of rotatable bonds is 2. The lowest BCUT2D eigenvalue weighted by Crippen LogP contribution is -2.45. The van der Waals surface area contributed by atoms with Crippen molar-refractivity contribution in [1.82, 2.24) is 4.73 Å². The van der Waals surface area contributed by atoms with E-state index in [1.54, 1.807) is 0 Å². The number of aromatic nitrogens is 1. The Morgan fingerprint density at radius 3 is 1.62 bits per heavy atom. The number of hydrazine groups is 2. The van der Waals surface area contributed by atoms with Gasteiger partial charge in [-0.2, -0.15) is 4.73 Å². The summed E-state index contributed by atoms with van der Waals surface area (Å²) in [5, 5.41) is 10.2. The molecule has 0 atom stereocenters. The Bertz CT molecular complexity index is 390. The second-order valence-electron chi connectivity index (χ2n) is 2.83. The molecule has 0 aliphatic rings. The highest BCUT2D eigenvalue weighted by Gasteiger charge is 2.21. The lowest BCUT2D eigenvalue weighted by molar-refractivity contribution is 0.188. The van der Waals surface area contributed by atoms with Crippen molar-refractivity contribution in [2.75, 3.05) is 10.0 Å². The van der Waals surface area contributed by atoms with Crippen LogP contribution in [0.25, 0.3) is 0 Å². The van der Waals surface area contributed by atoms with Crippen molar-refractivity contribution in [2.45, 2.75) is 0 Å². The van der Waals surface area contributed by atoms with Crippen molar-refractivity contribution < 1.29 is 14.8 Å². The number of anilines is 2. The van der Waals surface area contributed by atoms with E-state index in [9.17, 15) is 9.59 Å². The lowest BCUT2D eigenvalue weighted by atomic mass is 10.4. The maximum absolute atomic E-state index is 10.8. The number of carbonyl (C=O) groups excluding carboxylic acids is 2. The minimum atomic E-state index is -0.995. The van der Waals surface area contributed by atoms with E-state index in [0.717, 1.165) is 12.4 Å². The van der Waals surface area contributed by atoms with Crippen LogP contribution in [0.1, 0.15) is 0 Å². The van der Waals surface area contributed by atoms with Gasteiger partial charge in [-0.25, -0.2) is 31.3 Å². The molecule has 0 aliphatic heterocycles. The second-order valence-corrected chi connectivity index (χ2v) is 2.83. The van der Waals surface area contributed by atoms with Crippen molar-refractivity contribution in [1.29, 1.82) is 0 Å².